The van der Waals surface area contributed by atoms with Gasteiger partial charge in [0.25, 0.3) is 0 Å². The van der Waals surface area contributed by atoms with Crippen molar-refractivity contribution in [2.75, 3.05) is 6.54 Å². The molecule has 0 spiro atoms. The van der Waals surface area contributed by atoms with Crippen molar-refractivity contribution in [1.82, 2.24) is 9.97 Å². The van der Waals surface area contributed by atoms with E-state index in [0.29, 0.717) is 18.4 Å². The van der Waals surface area contributed by atoms with Crippen molar-refractivity contribution in [3.05, 3.63) is 23.8 Å². The fraction of sp³-hybridized carbons (Fsp3) is 0.692. The molecule has 1 aromatic heterocycles. The monoisotopic (exact) mass is 219 g/mol. The highest BCUT2D eigenvalue weighted by atomic mass is 14.9. The van der Waals surface area contributed by atoms with Gasteiger partial charge in [0.15, 0.2) is 0 Å². The average molecular weight is 219 g/mol. The van der Waals surface area contributed by atoms with Gasteiger partial charge in [-0.3, -0.25) is 0 Å². The molecule has 1 atom stereocenters. The van der Waals surface area contributed by atoms with Crippen LogP contribution in [0.2, 0.25) is 0 Å². The number of nitrogens with two attached hydrogens (primary N) is 1. The fourth-order valence-electron chi connectivity index (χ4n) is 2.49. The van der Waals surface area contributed by atoms with Gasteiger partial charge < -0.3 is 5.73 Å². The van der Waals surface area contributed by atoms with Crippen LogP contribution in [-0.2, 0) is 0 Å². The van der Waals surface area contributed by atoms with Crippen molar-refractivity contribution in [2.45, 2.75) is 50.9 Å². The van der Waals surface area contributed by atoms with E-state index in [9.17, 15) is 0 Å². The van der Waals surface area contributed by atoms with E-state index in [0.717, 1.165) is 12.2 Å². The summed E-state index contributed by atoms with van der Waals surface area (Å²) in [6.07, 6.45) is 8.18. The van der Waals surface area contributed by atoms with Crippen LogP contribution in [0.25, 0.3) is 0 Å². The Kier molecular flexibility index (Phi) is 3.88. The fourth-order valence-corrected chi connectivity index (χ4v) is 2.49. The van der Waals surface area contributed by atoms with Gasteiger partial charge in [0.05, 0.1) is 0 Å². The van der Waals surface area contributed by atoms with Crippen LogP contribution >= 0.6 is 0 Å². The first-order valence-corrected chi connectivity index (χ1v) is 6.38. The van der Waals surface area contributed by atoms with Gasteiger partial charge in [-0.05, 0) is 25.3 Å². The second kappa shape index (κ2) is 5.39. The van der Waals surface area contributed by atoms with Crippen molar-refractivity contribution >= 4 is 0 Å². The topological polar surface area (TPSA) is 51.8 Å². The summed E-state index contributed by atoms with van der Waals surface area (Å²) < 4.78 is 0. The zero-order chi connectivity index (χ0) is 11.4. The van der Waals surface area contributed by atoms with Gasteiger partial charge in [-0.1, -0.05) is 19.8 Å². The third kappa shape index (κ3) is 2.40. The number of hydrogen-bond donors (Lipinski definition) is 1. The number of rotatable bonds is 4. The molecule has 2 N–H and O–H groups in total. The summed E-state index contributed by atoms with van der Waals surface area (Å²) in [6, 6.07) is 2.07. The third-order valence-electron chi connectivity index (χ3n) is 3.61. The highest BCUT2D eigenvalue weighted by molar-refractivity contribution is 5.12. The Bertz CT molecular complexity index is 310. The minimum Gasteiger partial charge on any atom is -0.330 e. The van der Waals surface area contributed by atoms with Gasteiger partial charge in [-0.25, -0.2) is 9.97 Å². The summed E-state index contributed by atoms with van der Waals surface area (Å²) in [7, 11) is 0. The molecule has 0 aliphatic heterocycles. The molecule has 1 unspecified atom stereocenters. The molecule has 1 aliphatic rings. The molecular weight excluding hydrogens is 198 g/mol. The molecule has 88 valence electrons. The molecule has 0 amide bonds. The van der Waals surface area contributed by atoms with Crippen LogP contribution in [0.4, 0.5) is 0 Å². The second-order valence-corrected chi connectivity index (χ2v) is 4.66. The zero-order valence-electron chi connectivity index (χ0n) is 10.0. The van der Waals surface area contributed by atoms with E-state index >= 15 is 0 Å². The number of nitrogens with zero attached hydrogens (tertiary/aromatic N) is 2. The molecule has 16 heavy (non-hydrogen) atoms. The molecule has 0 saturated heterocycles. The molecule has 1 heterocycles. The second-order valence-electron chi connectivity index (χ2n) is 4.66. The van der Waals surface area contributed by atoms with Crippen LogP contribution in [0.3, 0.4) is 0 Å². The zero-order valence-corrected chi connectivity index (χ0v) is 10.0. The Balaban J connectivity index is 2.18. The van der Waals surface area contributed by atoms with Gasteiger partial charge in [0, 0.05) is 30.3 Å². The maximum Gasteiger partial charge on any atom is 0.132 e. The molecule has 0 radical (unpaired) electrons. The predicted octanol–water partition coefficient (Wildman–Crippen LogP) is 2.59. The summed E-state index contributed by atoms with van der Waals surface area (Å²) >= 11 is 0. The molecule has 0 bridgehead atoms. The summed E-state index contributed by atoms with van der Waals surface area (Å²) in [5.41, 5.74) is 6.97. The van der Waals surface area contributed by atoms with Gasteiger partial charge in [-0.15, -0.1) is 0 Å². The Morgan fingerprint density at radius 2 is 2.19 bits per heavy atom. The van der Waals surface area contributed by atoms with E-state index < -0.39 is 0 Å². The van der Waals surface area contributed by atoms with Crippen molar-refractivity contribution < 1.29 is 0 Å². The summed E-state index contributed by atoms with van der Waals surface area (Å²) in [5.74, 6) is 1.92. The molecule has 3 heteroatoms. The van der Waals surface area contributed by atoms with Crippen LogP contribution in [0.15, 0.2) is 12.3 Å². The largest absolute Gasteiger partial charge is 0.330 e. The first-order chi connectivity index (χ1) is 7.85. The molecule has 1 aromatic rings. The SMILES string of the molecule is CCC(CN)c1nccc(C2CCCC2)n1. The standard InChI is InChI=1S/C13H21N3/c1-2-10(9-14)13-15-8-7-12(16-13)11-5-3-4-6-11/h7-8,10-11H,2-6,9,14H2,1H3. The summed E-state index contributed by atoms with van der Waals surface area (Å²) in [5, 5.41) is 0. The lowest BCUT2D eigenvalue weighted by molar-refractivity contribution is 0.610. The summed E-state index contributed by atoms with van der Waals surface area (Å²) in [6.45, 7) is 2.79. The molecular formula is C13H21N3. The lowest BCUT2D eigenvalue weighted by Gasteiger charge is -2.14. The third-order valence-corrected chi connectivity index (χ3v) is 3.61. The van der Waals surface area contributed by atoms with Gasteiger partial charge in [0.1, 0.15) is 5.82 Å². The highest BCUT2D eigenvalue weighted by Gasteiger charge is 2.20. The van der Waals surface area contributed by atoms with E-state index in [-0.39, 0.29) is 0 Å². The Labute approximate surface area is 97.5 Å². The minimum atomic E-state index is 0.321. The Morgan fingerprint density at radius 3 is 2.81 bits per heavy atom. The van der Waals surface area contributed by atoms with Gasteiger partial charge >= 0.3 is 0 Å². The minimum absolute atomic E-state index is 0.321. The Morgan fingerprint density at radius 1 is 1.44 bits per heavy atom. The maximum atomic E-state index is 5.74. The molecule has 0 aromatic carbocycles. The highest BCUT2D eigenvalue weighted by Crippen LogP contribution is 2.33. The normalized spacial score (nSPS) is 18.9. The van der Waals surface area contributed by atoms with E-state index in [1.165, 1.54) is 31.4 Å². The first kappa shape index (κ1) is 11.5. The van der Waals surface area contributed by atoms with Crippen molar-refractivity contribution in [1.29, 1.82) is 0 Å². The van der Waals surface area contributed by atoms with Crippen molar-refractivity contribution in [3.63, 3.8) is 0 Å². The van der Waals surface area contributed by atoms with Crippen molar-refractivity contribution in [3.8, 4) is 0 Å². The molecule has 3 nitrogen and oxygen atoms in total. The molecule has 1 aliphatic carbocycles. The van der Waals surface area contributed by atoms with E-state index in [1.807, 2.05) is 6.20 Å². The van der Waals surface area contributed by atoms with Gasteiger partial charge in [-0.2, -0.15) is 0 Å². The van der Waals surface area contributed by atoms with E-state index in [4.69, 9.17) is 10.7 Å². The lowest BCUT2D eigenvalue weighted by atomic mass is 10.0. The average Bonchev–Trinajstić information content (AvgIpc) is 2.85. The quantitative estimate of drug-likeness (QED) is 0.846. The smallest absolute Gasteiger partial charge is 0.132 e. The lowest BCUT2D eigenvalue weighted by Crippen LogP contribution is -2.15. The Hall–Kier alpha value is -0.960. The first-order valence-electron chi connectivity index (χ1n) is 6.38. The molecule has 1 fully saturated rings. The van der Waals surface area contributed by atoms with Crippen LogP contribution in [-0.4, -0.2) is 16.5 Å². The van der Waals surface area contributed by atoms with Crippen LogP contribution < -0.4 is 5.73 Å². The molecule has 2 rings (SSSR count). The number of hydrogen-bond acceptors (Lipinski definition) is 3. The van der Waals surface area contributed by atoms with E-state index in [1.54, 1.807) is 0 Å². The van der Waals surface area contributed by atoms with Crippen LogP contribution in [0, 0.1) is 0 Å². The number of aromatic nitrogens is 2. The van der Waals surface area contributed by atoms with Gasteiger partial charge in [0.2, 0.25) is 0 Å². The molecule has 1 saturated carbocycles. The maximum absolute atomic E-state index is 5.74. The summed E-state index contributed by atoms with van der Waals surface area (Å²) in [4.78, 5) is 9.07. The van der Waals surface area contributed by atoms with E-state index in [2.05, 4.69) is 18.0 Å². The van der Waals surface area contributed by atoms with Crippen molar-refractivity contribution in [2.24, 2.45) is 5.73 Å². The van der Waals surface area contributed by atoms with Crippen LogP contribution in [0.5, 0.6) is 0 Å². The van der Waals surface area contributed by atoms with Crippen LogP contribution in [0.1, 0.15) is 62.4 Å². The predicted molar refractivity (Wildman–Crippen MR) is 65.3 cm³/mol.